The summed E-state index contributed by atoms with van der Waals surface area (Å²) in [5.41, 5.74) is 1.45. The van der Waals surface area contributed by atoms with E-state index in [4.69, 9.17) is 14.2 Å². The third-order valence-electron chi connectivity index (χ3n) is 4.68. The van der Waals surface area contributed by atoms with Crippen molar-refractivity contribution >= 4 is 11.6 Å². The summed E-state index contributed by atoms with van der Waals surface area (Å²) in [6, 6.07) is 9.82. The molecule has 1 unspecified atom stereocenters. The van der Waals surface area contributed by atoms with Gasteiger partial charge in [0.25, 0.3) is 5.91 Å². The second-order valence-electron chi connectivity index (χ2n) is 7.61. The van der Waals surface area contributed by atoms with Crippen LogP contribution in [0.15, 0.2) is 36.4 Å². The Bertz CT molecular complexity index is 941. The highest BCUT2D eigenvalue weighted by Gasteiger charge is 2.34. The molecule has 2 aromatic rings. The highest BCUT2D eigenvalue weighted by molar-refractivity contribution is 5.78. The largest absolute Gasteiger partial charge is 0.490 e. The van der Waals surface area contributed by atoms with E-state index in [1.54, 1.807) is 0 Å². The number of fused-ring (bicyclic) bond motifs is 1. The molecule has 0 spiro atoms. The van der Waals surface area contributed by atoms with Crippen molar-refractivity contribution in [3.05, 3.63) is 57.6 Å². The molecule has 0 aliphatic carbocycles. The maximum atomic E-state index is 12.5. The second-order valence-corrected chi connectivity index (χ2v) is 7.61. The molecular formula is C21H24N2O6. The first-order chi connectivity index (χ1) is 13.7. The van der Waals surface area contributed by atoms with Crippen molar-refractivity contribution in [2.24, 2.45) is 0 Å². The maximum Gasteiger partial charge on any atom is 0.311 e. The molecule has 3 rings (SSSR count). The van der Waals surface area contributed by atoms with Crippen molar-refractivity contribution in [3.63, 3.8) is 0 Å². The molecule has 154 valence electrons. The zero-order chi connectivity index (χ0) is 21.2. The SMILES string of the molecule is COc1cc(OCC(=O)NC2CC(C)(C)Oc3ccc(C)cc32)ccc1[N+](=O)[O-]. The van der Waals surface area contributed by atoms with Crippen LogP contribution < -0.4 is 19.5 Å². The van der Waals surface area contributed by atoms with E-state index in [0.29, 0.717) is 12.2 Å². The van der Waals surface area contributed by atoms with Crippen LogP contribution in [0.4, 0.5) is 5.69 Å². The van der Waals surface area contributed by atoms with Crippen LogP contribution >= 0.6 is 0 Å². The number of nitrogens with zero attached hydrogens (tertiary/aromatic N) is 1. The van der Waals surface area contributed by atoms with E-state index in [0.717, 1.165) is 16.9 Å². The minimum Gasteiger partial charge on any atom is -0.490 e. The lowest BCUT2D eigenvalue weighted by molar-refractivity contribution is -0.385. The van der Waals surface area contributed by atoms with Gasteiger partial charge < -0.3 is 19.5 Å². The fraction of sp³-hybridized carbons (Fsp3) is 0.381. The number of ether oxygens (including phenoxy) is 3. The molecule has 1 aliphatic rings. The highest BCUT2D eigenvalue weighted by atomic mass is 16.6. The van der Waals surface area contributed by atoms with Crippen LogP contribution in [0.25, 0.3) is 0 Å². The number of nitrogens with one attached hydrogen (secondary N) is 1. The van der Waals surface area contributed by atoms with Crippen LogP contribution in [-0.2, 0) is 4.79 Å². The Labute approximate surface area is 168 Å². The van der Waals surface area contributed by atoms with Crippen LogP contribution in [0.5, 0.6) is 17.2 Å². The van der Waals surface area contributed by atoms with E-state index in [-0.39, 0.29) is 30.0 Å². The standard InChI is InChI=1S/C21H24N2O6/c1-13-5-8-18-15(9-13)16(11-21(2,3)29-18)22-20(24)12-28-14-6-7-17(23(25)26)19(10-14)27-4/h5-10,16H,11-12H2,1-4H3,(H,22,24). The third-order valence-corrected chi connectivity index (χ3v) is 4.68. The number of aryl methyl sites for hydroxylation is 1. The van der Waals surface area contributed by atoms with Gasteiger partial charge >= 0.3 is 5.69 Å². The van der Waals surface area contributed by atoms with Crippen molar-refractivity contribution in [2.45, 2.75) is 38.8 Å². The Balaban J connectivity index is 1.68. The van der Waals surface area contributed by atoms with Gasteiger partial charge in [-0.3, -0.25) is 14.9 Å². The predicted molar refractivity (Wildman–Crippen MR) is 107 cm³/mol. The quantitative estimate of drug-likeness (QED) is 0.586. The number of hydrogen-bond acceptors (Lipinski definition) is 6. The molecule has 0 fully saturated rings. The third kappa shape index (κ3) is 4.77. The number of carbonyl (C=O) groups excluding carboxylic acids is 1. The van der Waals surface area contributed by atoms with Gasteiger partial charge in [0.15, 0.2) is 6.61 Å². The number of methoxy groups -OCH3 is 1. The molecule has 0 saturated carbocycles. The summed E-state index contributed by atoms with van der Waals surface area (Å²) in [4.78, 5) is 22.9. The van der Waals surface area contributed by atoms with Gasteiger partial charge in [-0.2, -0.15) is 0 Å². The Hall–Kier alpha value is -3.29. The summed E-state index contributed by atoms with van der Waals surface area (Å²) in [5, 5.41) is 14.0. The summed E-state index contributed by atoms with van der Waals surface area (Å²) in [5.74, 6) is 0.852. The fourth-order valence-corrected chi connectivity index (χ4v) is 3.39. The van der Waals surface area contributed by atoms with Gasteiger partial charge in [0.1, 0.15) is 17.1 Å². The number of rotatable bonds is 6. The molecule has 0 saturated heterocycles. The van der Waals surface area contributed by atoms with E-state index < -0.39 is 10.5 Å². The Morgan fingerprint density at radius 2 is 2.07 bits per heavy atom. The first-order valence-electron chi connectivity index (χ1n) is 9.23. The molecule has 0 bridgehead atoms. The molecule has 2 aromatic carbocycles. The summed E-state index contributed by atoms with van der Waals surface area (Å²) >= 11 is 0. The molecule has 1 aliphatic heterocycles. The molecular weight excluding hydrogens is 376 g/mol. The molecule has 8 heteroatoms. The van der Waals surface area contributed by atoms with Crippen LogP contribution in [-0.4, -0.2) is 30.1 Å². The van der Waals surface area contributed by atoms with Gasteiger partial charge in [0, 0.05) is 24.1 Å². The zero-order valence-electron chi connectivity index (χ0n) is 16.9. The number of amides is 1. The first-order valence-corrected chi connectivity index (χ1v) is 9.23. The molecule has 0 radical (unpaired) electrons. The van der Waals surface area contributed by atoms with Crippen molar-refractivity contribution < 1.29 is 23.9 Å². The molecule has 1 amide bonds. The van der Waals surface area contributed by atoms with Crippen molar-refractivity contribution in [1.29, 1.82) is 0 Å². The number of benzene rings is 2. The summed E-state index contributed by atoms with van der Waals surface area (Å²) in [7, 11) is 1.34. The lowest BCUT2D eigenvalue weighted by Gasteiger charge is -2.38. The van der Waals surface area contributed by atoms with E-state index >= 15 is 0 Å². The normalized spacial score (nSPS) is 16.9. The smallest absolute Gasteiger partial charge is 0.311 e. The van der Waals surface area contributed by atoms with Gasteiger partial charge in [-0.1, -0.05) is 17.7 Å². The van der Waals surface area contributed by atoms with E-state index in [1.807, 2.05) is 39.0 Å². The van der Waals surface area contributed by atoms with Crippen LogP contribution in [0.2, 0.25) is 0 Å². The van der Waals surface area contributed by atoms with Crippen molar-refractivity contribution in [3.8, 4) is 17.2 Å². The maximum absolute atomic E-state index is 12.5. The number of nitro benzene ring substituents is 1. The van der Waals surface area contributed by atoms with Crippen molar-refractivity contribution in [1.82, 2.24) is 5.32 Å². The molecule has 1 atom stereocenters. The number of carbonyl (C=O) groups is 1. The lowest BCUT2D eigenvalue weighted by Crippen LogP contribution is -2.42. The molecule has 8 nitrogen and oxygen atoms in total. The molecule has 1 heterocycles. The highest BCUT2D eigenvalue weighted by Crippen LogP contribution is 2.39. The summed E-state index contributed by atoms with van der Waals surface area (Å²) in [6.45, 7) is 5.73. The monoisotopic (exact) mass is 400 g/mol. The Kier molecular flexibility index (Phi) is 5.63. The van der Waals surface area contributed by atoms with Crippen LogP contribution in [0.3, 0.4) is 0 Å². The first kappa shape index (κ1) is 20.4. The Morgan fingerprint density at radius 1 is 1.31 bits per heavy atom. The van der Waals surface area contributed by atoms with Crippen LogP contribution in [0.1, 0.15) is 37.4 Å². The van der Waals surface area contributed by atoms with E-state index in [2.05, 4.69) is 5.32 Å². The summed E-state index contributed by atoms with van der Waals surface area (Å²) in [6.07, 6.45) is 0.626. The molecule has 0 aromatic heterocycles. The average Bonchev–Trinajstić information content (AvgIpc) is 2.66. The van der Waals surface area contributed by atoms with E-state index in [1.165, 1.54) is 25.3 Å². The minimum absolute atomic E-state index is 0.0727. The van der Waals surface area contributed by atoms with E-state index in [9.17, 15) is 14.9 Å². The lowest BCUT2D eigenvalue weighted by atomic mass is 9.89. The average molecular weight is 400 g/mol. The Morgan fingerprint density at radius 3 is 2.76 bits per heavy atom. The van der Waals surface area contributed by atoms with Gasteiger partial charge in [0.05, 0.1) is 18.1 Å². The number of hydrogen-bond donors (Lipinski definition) is 1. The van der Waals surface area contributed by atoms with Gasteiger partial charge in [0.2, 0.25) is 5.75 Å². The molecule has 1 N–H and O–H groups in total. The topological polar surface area (TPSA) is 99.9 Å². The van der Waals surface area contributed by atoms with Gasteiger partial charge in [-0.05, 0) is 32.9 Å². The summed E-state index contributed by atoms with van der Waals surface area (Å²) < 4.78 is 16.5. The predicted octanol–water partition coefficient (Wildman–Crippen LogP) is 3.71. The number of nitro groups is 1. The zero-order valence-corrected chi connectivity index (χ0v) is 16.9. The minimum atomic E-state index is -0.540. The van der Waals surface area contributed by atoms with Crippen LogP contribution in [0, 0.1) is 17.0 Å². The van der Waals surface area contributed by atoms with Crippen molar-refractivity contribution in [2.75, 3.05) is 13.7 Å². The molecule has 29 heavy (non-hydrogen) atoms. The second kappa shape index (κ2) is 7.98. The van der Waals surface area contributed by atoms with Gasteiger partial charge in [-0.15, -0.1) is 0 Å². The van der Waals surface area contributed by atoms with Gasteiger partial charge in [-0.25, -0.2) is 0 Å². The fourth-order valence-electron chi connectivity index (χ4n) is 3.39.